The summed E-state index contributed by atoms with van der Waals surface area (Å²) >= 11 is 12.3. The van der Waals surface area contributed by atoms with Crippen molar-refractivity contribution in [3.05, 3.63) is 46.5 Å². The minimum atomic E-state index is -1.50. The fourth-order valence-corrected chi connectivity index (χ4v) is 2.96. The second-order valence-corrected chi connectivity index (χ2v) is 7.93. The van der Waals surface area contributed by atoms with Crippen LogP contribution in [-0.4, -0.2) is 31.8 Å². The number of benzene rings is 1. The van der Waals surface area contributed by atoms with E-state index >= 15 is 0 Å². The molecule has 1 aromatic carbocycles. The summed E-state index contributed by atoms with van der Waals surface area (Å²) in [5.41, 5.74) is -1.64. The van der Waals surface area contributed by atoms with E-state index in [9.17, 15) is 9.90 Å². The van der Waals surface area contributed by atoms with Crippen molar-refractivity contribution in [2.75, 3.05) is 0 Å². The third kappa shape index (κ3) is 4.51. The van der Waals surface area contributed by atoms with Crippen LogP contribution in [0.25, 0.3) is 0 Å². The fourth-order valence-electron chi connectivity index (χ4n) is 2.39. The van der Waals surface area contributed by atoms with E-state index in [-0.39, 0.29) is 12.5 Å². The third-order valence-electron chi connectivity index (χ3n) is 4.01. The van der Waals surface area contributed by atoms with Gasteiger partial charge in [-0.1, -0.05) is 50.0 Å². The van der Waals surface area contributed by atoms with Crippen molar-refractivity contribution in [3.8, 4) is 0 Å². The van der Waals surface area contributed by atoms with Crippen LogP contribution >= 0.6 is 23.2 Å². The highest BCUT2D eigenvalue weighted by Crippen LogP contribution is 2.34. The maximum absolute atomic E-state index is 12.4. The summed E-state index contributed by atoms with van der Waals surface area (Å²) in [5, 5.41) is 19.2. The normalized spacial score (nSPS) is 15.5. The van der Waals surface area contributed by atoms with E-state index in [0.717, 1.165) is 0 Å². The van der Waals surface area contributed by atoms with E-state index < -0.39 is 17.1 Å². The zero-order valence-corrected chi connectivity index (χ0v) is 16.1. The van der Waals surface area contributed by atoms with Crippen molar-refractivity contribution in [1.82, 2.24) is 20.1 Å². The van der Waals surface area contributed by atoms with Crippen molar-refractivity contribution in [3.63, 3.8) is 0 Å². The van der Waals surface area contributed by atoms with Gasteiger partial charge in [0.1, 0.15) is 18.3 Å². The second-order valence-electron chi connectivity index (χ2n) is 7.09. The zero-order chi connectivity index (χ0) is 18.8. The van der Waals surface area contributed by atoms with Crippen molar-refractivity contribution in [1.29, 1.82) is 0 Å². The first-order valence-corrected chi connectivity index (χ1v) is 8.61. The van der Waals surface area contributed by atoms with Gasteiger partial charge in [0, 0.05) is 21.0 Å². The number of rotatable bonds is 5. The minimum absolute atomic E-state index is 0.0694. The molecule has 0 spiro atoms. The summed E-state index contributed by atoms with van der Waals surface area (Å²) in [6.45, 7) is 7.22. The lowest BCUT2D eigenvalue weighted by Gasteiger charge is -2.36. The molecule has 1 heterocycles. The molecule has 1 amide bonds. The van der Waals surface area contributed by atoms with Crippen molar-refractivity contribution in [2.24, 2.45) is 5.41 Å². The molecule has 0 saturated carbocycles. The summed E-state index contributed by atoms with van der Waals surface area (Å²) < 4.78 is 1.49. The Hall–Kier alpha value is -1.63. The number of nitrogens with zero attached hydrogens (tertiary/aromatic N) is 3. The molecule has 8 heteroatoms. The topological polar surface area (TPSA) is 80.0 Å². The first kappa shape index (κ1) is 19.7. The highest BCUT2D eigenvalue weighted by Gasteiger charge is 2.40. The molecule has 2 rings (SSSR count). The fraction of sp³-hybridized carbons (Fsp3) is 0.471. The van der Waals surface area contributed by atoms with Crippen LogP contribution in [0, 0.1) is 5.41 Å². The lowest BCUT2D eigenvalue weighted by atomic mass is 9.85. The van der Waals surface area contributed by atoms with E-state index in [1.54, 1.807) is 45.9 Å². The molecular weight excluding hydrogens is 363 g/mol. The summed E-state index contributed by atoms with van der Waals surface area (Å²) in [6, 6.07) is 4.22. The molecule has 0 fully saturated rings. The summed E-state index contributed by atoms with van der Waals surface area (Å²) in [4.78, 5) is 16.3. The maximum Gasteiger partial charge on any atom is 0.225 e. The number of carbonyl (C=O) groups excluding carboxylic acids is 1. The Morgan fingerprint density at radius 1 is 1.36 bits per heavy atom. The number of carbonyl (C=O) groups is 1. The van der Waals surface area contributed by atoms with Gasteiger partial charge in [-0.3, -0.25) is 4.79 Å². The standard InChI is InChI=1S/C17H22Cl2N4O2/c1-11(22-15(24)16(2,3)4)17(25,8-23-10-20-9-21-23)13-6-5-12(18)7-14(13)19/h5-7,9-11,25H,8H2,1-4H3,(H,22,24)/t11-,17-/m1/s1. The molecule has 2 aromatic rings. The Bertz CT molecular complexity index is 744. The Kier molecular flexibility index (Phi) is 5.76. The predicted octanol–water partition coefficient (Wildman–Crippen LogP) is 3.02. The average Bonchev–Trinajstić information content (AvgIpc) is 2.98. The van der Waals surface area contributed by atoms with Gasteiger partial charge >= 0.3 is 0 Å². The monoisotopic (exact) mass is 384 g/mol. The van der Waals surface area contributed by atoms with E-state index in [1.807, 2.05) is 0 Å². The number of aromatic nitrogens is 3. The zero-order valence-electron chi connectivity index (χ0n) is 14.6. The molecule has 0 saturated heterocycles. The van der Waals surface area contributed by atoms with Gasteiger partial charge < -0.3 is 10.4 Å². The van der Waals surface area contributed by atoms with Crippen LogP contribution in [0.2, 0.25) is 10.0 Å². The Morgan fingerprint density at radius 3 is 2.56 bits per heavy atom. The van der Waals surface area contributed by atoms with Crippen molar-refractivity contribution < 1.29 is 9.90 Å². The molecule has 6 nitrogen and oxygen atoms in total. The van der Waals surface area contributed by atoms with Gasteiger partial charge in [-0.2, -0.15) is 5.10 Å². The second kappa shape index (κ2) is 7.32. The van der Waals surface area contributed by atoms with Crippen LogP contribution in [0.5, 0.6) is 0 Å². The van der Waals surface area contributed by atoms with Crippen LogP contribution in [0.4, 0.5) is 0 Å². The van der Waals surface area contributed by atoms with E-state index in [0.29, 0.717) is 15.6 Å². The Balaban J connectivity index is 2.43. The highest BCUT2D eigenvalue weighted by molar-refractivity contribution is 6.35. The smallest absolute Gasteiger partial charge is 0.225 e. The number of hydrogen-bond donors (Lipinski definition) is 2. The first-order chi connectivity index (χ1) is 11.5. The largest absolute Gasteiger partial charge is 0.381 e. The van der Waals surface area contributed by atoms with Gasteiger partial charge in [-0.15, -0.1) is 0 Å². The maximum atomic E-state index is 12.4. The van der Waals surface area contributed by atoms with Crippen LogP contribution in [0.3, 0.4) is 0 Å². The molecule has 0 bridgehead atoms. The molecule has 0 aliphatic rings. The number of aliphatic hydroxyl groups is 1. The number of halogens is 2. The number of amides is 1. The van der Waals surface area contributed by atoms with Crippen molar-refractivity contribution >= 4 is 29.1 Å². The van der Waals surface area contributed by atoms with Crippen LogP contribution in [0.1, 0.15) is 33.3 Å². The predicted molar refractivity (Wildman–Crippen MR) is 97.4 cm³/mol. The molecule has 2 N–H and O–H groups in total. The number of hydrogen-bond acceptors (Lipinski definition) is 4. The van der Waals surface area contributed by atoms with E-state index in [4.69, 9.17) is 23.2 Å². The molecule has 1 aromatic heterocycles. The van der Waals surface area contributed by atoms with E-state index in [2.05, 4.69) is 15.4 Å². The van der Waals surface area contributed by atoms with Crippen LogP contribution in [0.15, 0.2) is 30.9 Å². The van der Waals surface area contributed by atoms with Gasteiger partial charge in [-0.25, -0.2) is 9.67 Å². The third-order valence-corrected chi connectivity index (χ3v) is 4.56. The average molecular weight is 385 g/mol. The van der Waals surface area contributed by atoms with Crippen LogP contribution in [-0.2, 0) is 16.9 Å². The Morgan fingerprint density at radius 2 is 2.04 bits per heavy atom. The van der Waals surface area contributed by atoms with Gasteiger partial charge in [-0.05, 0) is 19.1 Å². The molecular formula is C17H22Cl2N4O2. The summed E-state index contributed by atoms with van der Waals surface area (Å²) in [5.74, 6) is -0.179. The molecule has 25 heavy (non-hydrogen) atoms. The van der Waals surface area contributed by atoms with Gasteiger partial charge in [0.2, 0.25) is 5.91 Å². The quantitative estimate of drug-likeness (QED) is 0.829. The summed E-state index contributed by atoms with van der Waals surface area (Å²) in [7, 11) is 0. The molecule has 0 aliphatic carbocycles. The minimum Gasteiger partial charge on any atom is -0.381 e. The molecule has 0 aliphatic heterocycles. The highest BCUT2D eigenvalue weighted by atomic mass is 35.5. The SMILES string of the molecule is C[C@@H](NC(=O)C(C)(C)C)[C@](O)(Cn1cncn1)c1ccc(Cl)cc1Cl. The van der Waals surface area contributed by atoms with Crippen LogP contribution < -0.4 is 5.32 Å². The Labute approximate surface area is 157 Å². The van der Waals surface area contributed by atoms with Gasteiger partial charge in [0.25, 0.3) is 0 Å². The lowest BCUT2D eigenvalue weighted by molar-refractivity contribution is -0.132. The molecule has 0 radical (unpaired) electrons. The van der Waals surface area contributed by atoms with Crippen molar-refractivity contribution in [2.45, 2.75) is 45.9 Å². The lowest BCUT2D eigenvalue weighted by Crippen LogP contribution is -2.53. The molecule has 2 atom stereocenters. The van der Waals surface area contributed by atoms with E-state index in [1.165, 1.54) is 17.3 Å². The summed E-state index contributed by atoms with van der Waals surface area (Å²) in [6.07, 6.45) is 2.87. The van der Waals surface area contributed by atoms with Gasteiger partial charge in [0.05, 0.1) is 12.6 Å². The molecule has 136 valence electrons. The number of nitrogens with one attached hydrogen (secondary N) is 1. The first-order valence-electron chi connectivity index (χ1n) is 7.85. The molecule has 0 unspecified atom stereocenters. The van der Waals surface area contributed by atoms with Gasteiger partial charge in [0.15, 0.2) is 0 Å².